The lowest BCUT2D eigenvalue weighted by molar-refractivity contribution is 0.101. The predicted octanol–water partition coefficient (Wildman–Crippen LogP) is 5.81. The van der Waals surface area contributed by atoms with Gasteiger partial charge in [0.2, 0.25) is 0 Å². The van der Waals surface area contributed by atoms with Gasteiger partial charge in [0, 0.05) is 10.7 Å². The van der Waals surface area contributed by atoms with E-state index in [9.17, 15) is 0 Å². The van der Waals surface area contributed by atoms with Gasteiger partial charge in [0.05, 0.1) is 11.2 Å². The van der Waals surface area contributed by atoms with Gasteiger partial charge >= 0.3 is 0 Å². The number of pyridine rings is 1. The average Bonchev–Trinajstić information content (AvgIpc) is 2.51. The number of halogens is 1. The summed E-state index contributed by atoms with van der Waals surface area (Å²) in [6.45, 7) is 15.0. The Labute approximate surface area is 167 Å². The third-order valence-corrected chi connectivity index (χ3v) is 4.44. The topological polar surface area (TPSA) is 24.9 Å². The first-order valence-corrected chi connectivity index (χ1v) is 10.9. The van der Waals surface area contributed by atoms with Gasteiger partial charge in [-0.25, -0.2) is 0 Å². The monoisotopic (exact) mass is 436 g/mol. The molecule has 5 heteroatoms. The highest BCUT2D eigenvalue weighted by atomic mass is 79.9. The first-order chi connectivity index (χ1) is 11.1. The maximum atomic E-state index is 4.56. The van der Waals surface area contributed by atoms with Crippen LogP contribution < -0.4 is 10.6 Å². The van der Waals surface area contributed by atoms with E-state index in [4.69, 9.17) is 0 Å². The van der Waals surface area contributed by atoms with Gasteiger partial charge in [-0.05, 0) is 64.8 Å². The van der Waals surface area contributed by atoms with E-state index < -0.39 is 0 Å². The van der Waals surface area contributed by atoms with Crippen LogP contribution in [0.2, 0.25) is 0 Å². The van der Waals surface area contributed by atoms with Crippen molar-refractivity contribution in [3.8, 4) is 0 Å². The molecule has 0 bridgehead atoms. The van der Waals surface area contributed by atoms with Gasteiger partial charge in [0.25, 0.3) is 0 Å². The Kier molecular flexibility index (Phi) is 14.1. The van der Waals surface area contributed by atoms with Crippen LogP contribution >= 0.6 is 37.8 Å². The van der Waals surface area contributed by atoms with E-state index >= 15 is 0 Å². The van der Waals surface area contributed by atoms with E-state index in [1.54, 1.807) is 6.26 Å². The third-order valence-electron chi connectivity index (χ3n) is 3.57. The van der Waals surface area contributed by atoms with Crippen molar-refractivity contribution in [2.45, 2.75) is 66.8 Å². The molecule has 0 aromatic carbocycles. The lowest BCUT2D eigenvalue weighted by atomic mass is 9.65. The van der Waals surface area contributed by atoms with Crippen LogP contribution in [-0.2, 0) is 5.54 Å². The summed E-state index contributed by atoms with van der Waals surface area (Å²) in [6.07, 6.45) is 6.04. The molecule has 1 saturated carbocycles. The molecule has 0 aliphatic heterocycles. The molecule has 1 aliphatic rings. The summed E-state index contributed by atoms with van der Waals surface area (Å²) in [5.74, 6) is 0.662. The van der Waals surface area contributed by atoms with Crippen LogP contribution in [-0.4, -0.2) is 18.3 Å². The summed E-state index contributed by atoms with van der Waals surface area (Å²) in [6, 6.07) is 2.11. The molecule has 0 radical (unpaired) electrons. The molecule has 1 aliphatic carbocycles. The van der Waals surface area contributed by atoms with E-state index in [0.29, 0.717) is 11.3 Å². The Bertz CT molecular complexity index is 453. The van der Waals surface area contributed by atoms with Crippen molar-refractivity contribution in [1.82, 2.24) is 10.3 Å². The Hall–Kier alpha value is 0.370. The molecule has 24 heavy (non-hydrogen) atoms. The van der Waals surface area contributed by atoms with Gasteiger partial charge in [0.1, 0.15) is 0 Å². The van der Waals surface area contributed by atoms with Crippen LogP contribution in [0.1, 0.15) is 67.0 Å². The minimum atomic E-state index is 0.0950. The van der Waals surface area contributed by atoms with Crippen molar-refractivity contribution in [2.24, 2.45) is 11.3 Å². The summed E-state index contributed by atoms with van der Waals surface area (Å²) >= 11 is 6.97. The zero-order valence-corrected chi connectivity index (χ0v) is 20.6. The summed E-state index contributed by atoms with van der Waals surface area (Å²) < 4.78 is 1.04. The fourth-order valence-corrected chi connectivity index (χ4v) is 3.50. The zero-order valence-electron chi connectivity index (χ0n) is 17.0. The first-order valence-electron chi connectivity index (χ1n) is 8.65. The molecule has 2 nitrogen and oxygen atoms in total. The van der Waals surface area contributed by atoms with Crippen molar-refractivity contribution in [1.29, 1.82) is 0 Å². The highest BCUT2D eigenvalue weighted by Crippen LogP contribution is 2.45. The maximum Gasteiger partial charge on any atom is 0.0679 e. The van der Waals surface area contributed by atoms with E-state index in [-0.39, 0.29) is 5.54 Å². The molecule has 3 unspecified atom stereocenters. The number of aromatic nitrogens is 1. The molecular formula is C19H38BrN2PS. The molecule has 1 heterocycles. The molecule has 1 aromatic heterocycles. The normalized spacial score (nSPS) is 21.8. The smallest absolute Gasteiger partial charge is 0.0679 e. The first kappa shape index (κ1) is 26.6. The summed E-state index contributed by atoms with van der Waals surface area (Å²) in [5, 5.41) is 4.64. The molecule has 1 aromatic rings. The third kappa shape index (κ3) is 8.65. The van der Waals surface area contributed by atoms with Crippen molar-refractivity contribution in [3.63, 3.8) is 0 Å². The lowest BCUT2D eigenvalue weighted by Gasteiger charge is -2.48. The Morgan fingerprint density at radius 2 is 1.75 bits per heavy atom. The van der Waals surface area contributed by atoms with Crippen LogP contribution in [0.15, 0.2) is 16.7 Å². The SMILES string of the molecule is CC.CC(C)(C)C.CNC1(c2ncc(Br)cc2P)CCC1C.CS. The number of hydrogen-bond acceptors (Lipinski definition) is 3. The number of nitrogens with one attached hydrogen (secondary N) is 1. The molecular weight excluding hydrogens is 399 g/mol. The van der Waals surface area contributed by atoms with E-state index in [1.165, 1.54) is 23.8 Å². The second-order valence-corrected chi connectivity index (χ2v) is 8.79. The van der Waals surface area contributed by atoms with E-state index in [0.717, 1.165) is 4.47 Å². The van der Waals surface area contributed by atoms with Crippen LogP contribution in [0.5, 0.6) is 0 Å². The molecule has 0 saturated heterocycles. The highest BCUT2D eigenvalue weighted by molar-refractivity contribution is 9.10. The van der Waals surface area contributed by atoms with Crippen molar-refractivity contribution in [3.05, 3.63) is 22.4 Å². The lowest BCUT2D eigenvalue weighted by Crippen LogP contribution is -2.55. The molecule has 3 atom stereocenters. The predicted molar refractivity (Wildman–Crippen MR) is 122 cm³/mol. The summed E-state index contributed by atoms with van der Waals surface area (Å²) in [4.78, 5) is 4.56. The number of rotatable bonds is 2. The van der Waals surface area contributed by atoms with Gasteiger partial charge in [-0.15, -0.1) is 9.24 Å². The molecule has 142 valence electrons. The second kappa shape index (κ2) is 12.7. The van der Waals surface area contributed by atoms with Gasteiger partial charge in [-0.2, -0.15) is 12.6 Å². The highest BCUT2D eigenvalue weighted by Gasteiger charge is 2.46. The molecule has 2 rings (SSSR count). The van der Waals surface area contributed by atoms with Crippen LogP contribution in [0.4, 0.5) is 0 Å². The molecule has 0 amide bonds. The van der Waals surface area contributed by atoms with Crippen molar-refractivity contribution < 1.29 is 0 Å². The number of nitrogens with zero attached hydrogens (tertiary/aromatic N) is 1. The zero-order chi connectivity index (χ0) is 19.6. The fourth-order valence-electron chi connectivity index (χ4n) is 2.39. The van der Waals surface area contributed by atoms with E-state index in [1.807, 2.05) is 27.1 Å². The largest absolute Gasteiger partial charge is 0.309 e. The Balaban J connectivity index is 0. The second-order valence-electron chi connectivity index (χ2n) is 7.25. The van der Waals surface area contributed by atoms with Gasteiger partial charge in [0.15, 0.2) is 0 Å². The fraction of sp³-hybridized carbons (Fsp3) is 0.737. The quantitative estimate of drug-likeness (QED) is 0.451. The average molecular weight is 437 g/mol. The molecule has 1 N–H and O–H groups in total. The molecule has 1 fully saturated rings. The minimum Gasteiger partial charge on any atom is -0.309 e. The van der Waals surface area contributed by atoms with Gasteiger partial charge < -0.3 is 5.32 Å². The summed E-state index contributed by atoms with van der Waals surface area (Å²) in [7, 11) is 4.82. The molecule has 0 spiro atoms. The van der Waals surface area contributed by atoms with Crippen LogP contribution in [0, 0.1) is 11.3 Å². The maximum absolute atomic E-state index is 4.56. The van der Waals surface area contributed by atoms with Crippen LogP contribution in [0.3, 0.4) is 0 Å². The standard InChI is InChI=1S/C11H16BrN2P.C5H12.C2H6.CH4S/c1-7-3-4-11(7,13-2)10-9(15)5-8(12)6-14-10;1-5(2,3)4;2*1-2/h5-7,13H,3-4,15H2,1-2H3;1-4H3;1-2H3;2H,1H3. The Morgan fingerprint density at radius 3 is 2.00 bits per heavy atom. The van der Waals surface area contributed by atoms with E-state index in [2.05, 4.69) is 88.8 Å². The minimum absolute atomic E-state index is 0.0950. The van der Waals surface area contributed by atoms with Crippen molar-refractivity contribution in [2.75, 3.05) is 13.3 Å². The number of hydrogen-bond donors (Lipinski definition) is 2. The van der Waals surface area contributed by atoms with Crippen molar-refractivity contribution >= 4 is 43.1 Å². The van der Waals surface area contributed by atoms with Gasteiger partial charge in [-0.1, -0.05) is 48.5 Å². The Morgan fingerprint density at radius 1 is 1.29 bits per heavy atom. The van der Waals surface area contributed by atoms with Gasteiger partial charge in [-0.3, -0.25) is 4.98 Å². The summed E-state index contributed by atoms with van der Waals surface area (Å²) in [5.41, 5.74) is 1.77. The van der Waals surface area contributed by atoms with Crippen LogP contribution in [0.25, 0.3) is 0 Å². The number of thiol groups is 1.